The van der Waals surface area contributed by atoms with E-state index in [4.69, 9.17) is 4.98 Å². The number of hydrogen-bond donors (Lipinski definition) is 3. The Labute approximate surface area is 345 Å². The van der Waals surface area contributed by atoms with Crippen molar-refractivity contribution in [3.05, 3.63) is 94.1 Å². The van der Waals surface area contributed by atoms with Crippen molar-refractivity contribution in [2.24, 2.45) is 13.0 Å². The Morgan fingerprint density at radius 1 is 1.02 bits per heavy atom. The van der Waals surface area contributed by atoms with E-state index in [0.717, 1.165) is 18.4 Å². The SMILES string of the molecule is CN1CCC(O)(C#Cc2ccc(-c3cccc4c(NS(C)(=O)=O)nn(C)c34)c([C@H](Cc3cc(F)cc(F)c3)NC(=O)Cn3nc(C(F)(F)F)c4c3C(F)(F)[C@@H]3CC[C@H]43)n2)CC1. The van der Waals surface area contributed by atoms with Gasteiger partial charge in [-0.3, -0.25) is 18.9 Å². The highest BCUT2D eigenvalue weighted by Gasteiger charge is 2.63. The Hall–Kier alpha value is -5.52. The molecule has 5 aromatic rings. The molecule has 1 aliphatic heterocycles. The summed E-state index contributed by atoms with van der Waals surface area (Å²) < 4.78 is 132. The number of aliphatic hydroxyl groups is 1. The molecule has 4 heterocycles. The van der Waals surface area contributed by atoms with Crippen LogP contribution in [0.3, 0.4) is 0 Å². The predicted octanol–water partition coefficient (Wildman–Crippen LogP) is 6.01. The fourth-order valence-electron chi connectivity index (χ4n) is 8.65. The van der Waals surface area contributed by atoms with Gasteiger partial charge in [-0.15, -0.1) is 0 Å². The third-order valence-corrected chi connectivity index (χ3v) is 12.2. The molecule has 20 heteroatoms. The number of hydrogen-bond acceptors (Lipinski definition) is 8. The van der Waals surface area contributed by atoms with Crippen molar-refractivity contribution in [2.45, 2.75) is 68.3 Å². The molecule has 12 nitrogen and oxygen atoms in total. The normalized spacial score (nSPS) is 20.0. The number of carbonyl (C=O) groups excluding carboxylic acids is 1. The van der Waals surface area contributed by atoms with Crippen LogP contribution in [0.4, 0.5) is 36.6 Å². The molecule has 1 saturated carbocycles. The van der Waals surface area contributed by atoms with Gasteiger partial charge >= 0.3 is 6.18 Å². The van der Waals surface area contributed by atoms with E-state index in [1.807, 2.05) is 11.9 Å². The molecule has 61 heavy (non-hydrogen) atoms. The van der Waals surface area contributed by atoms with Gasteiger partial charge < -0.3 is 15.3 Å². The zero-order valence-corrected chi connectivity index (χ0v) is 33.7. The quantitative estimate of drug-likeness (QED) is 0.121. The second kappa shape index (κ2) is 15.1. The summed E-state index contributed by atoms with van der Waals surface area (Å²) in [5.41, 5.74) is -3.22. The zero-order chi connectivity index (χ0) is 43.8. The van der Waals surface area contributed by atoms with Gasteiger partial charge in [-0.2, -0.15) is 32.1 Å². The third kappa shape index (κ3) is 8.17. The third-order valence-electron chi connectivity index (χ3n) is 11.6. The number of aromatic nitrogens is 5. The van der Waals surface area contributed by atoms with Crippen molar-refractivity contribution in [1.82, 2.24) is 34.8 Å². The van der Waals surface area contributed by atoms with Crippen LogP contribution in [0.25, 0.3) is 22.0 Å². The van der Waals surface area contributed by atoms with E-state index in [1.54, 1.807) is 31.3 Å². The summed E-state index contributed by atoms with van der Waals surface area (Å²) in [5.74, 6) is -3.30. The number of nitrogens with zero attached hydrogens (tertiary/aromatic N) is 6. The van der Waals surface area contributed by atoms with Crippen LogP contribution in [-0.4, -0.2) is 80.9 Å². The van der Waals surface area contributed by atoms with Gasteiger partial charge in [-0.1, -0.05) is 18.1 Å². The first-order chi connectivity index (χ1) is 28.6. The van der Waals surface area contributed by atoms with E-state index < -0.39 is 86.6 Å². The number of amides is 1. The second-order valence-electron chi connectivity index (χ2n) is 16.0. The van der Waals surface area contributed by atoms with Gasteiger partial charge in [0.25, 0.3) is 5.92 Å². The minimum atomic E-state index is -5.08. The molecule has 0 unspecified atom stereocenters. The minimum Gasteiger partial charge on any atom is -0.377 e. The molecule has 0 bridgehead atoms. The molecule has 3 aromatic heterocycles. The number of piperidine rings is 1. The van der Waals surface area contributed by atoms with Crippen LogP contribution in [0.2, 0.25) is 0 Å². The molecule has 0 spiro atoms. The van der Waals surface area contributed by atoms with E-state index in [-0.39, 0.29) is 47.6 Å². The van der Waals surface area contributed by atoms with Gasteiger partial charge in [0.1, 0.15) is 35.2 Å². The smallest absolute Gasteiger partial charge is 0.377 e. The first-order valence-electron chi connectivity index (χ1n) is 19.3. The number of aryl methyl sites for hydroxylation is 1. The lowest BCUT2D eigenvalue weighted by Crippen LogP contribution is -2.41. The van der Waals surface area contributed by atoms with Crippen molar-refractivity contribution in [2.75, 3.05) is 31.1 Å². The Kier molecular flexibility index (Phi) is 10.5. The van der Waals surface area contributed by atoms with E-state index in [1.165, 1.54) is 10.7 Å². The fraction of sp³-hybridized carbons (Fsp3) is 0.415. The summed E-state index contributed by atoms with van der Waals surface area (Å²) in [6, 6.07) is 9.31. The van der Waals surface area contributed by atoms with Gasteiger partial charge in [0.05, 0.1) is 23.5 Å². The Bertz CT molecular complexity index is 2730. The number of likely N-dealkylation sites (tertiary alicyclic amines) is 1. The second-order valence-corrected chi connectivity index (χ2v) is 17.8. The van der Waals surface area contributed by atoms with Crippen LogP contribution in [0, 0.1) is 29.4 Å². The topological polar surface area (TPSA) is 147 Å². The molecule has 1 saturated heterocycles. The van der Waals surface area contributed by atoms with Gasteiger partial charge in [0.2, 0.25) is 15.9 Å². The predicted molar refractivity (Wildman–Crippen MR) is 209 cm³/mol. The van der Waals surface area contributed by atoms with E-state index >= 15 is 8.78 Å². The van der Waals surface area contributed by atoms with Crippen LogP contribution < -0.4 is 10.0 Å². The summed E-state index contributed by atoms with van der Waals surface area (Å²) in [7, 11) is -0.320. The lowest BCUT2D eigenvalue weighted by molar-refractivity contribution is -0.144. The van der Waals surface area contributed by atoms with E-state index in [0.29, 0.717) is 53.1 Å². The van der Waals surface area contributed by atoms with Gasteiger partial charge in [-0.05, 0) is 74.0 Å². The number of para-hydroxylation sites is 1. The Morgan fingerprint density at radius 3 is 2.36 bits per heavy atom. The van der Waals surface area contributed by atoms with Gasteiger partial charge in [-0.25, -0.2) is 22.2 Å². The summed E-state index contributed by atoms with van der Waals surface area (Å²) >= 11 is 0. The molecule has 8 rings (SSSR count). The molecule has 2 aliphatic carbocycles. The standard InChI is InChI=1S/C41H39F7N8O4S/c1-54-15-13-39(58,14-16-54)12-11-25-7-8-26(27-5-4-6-29-35(27)55(2)52-38(29)53-61(3,59)60)34(49-25)31(19-22-17-23(42)20-24(43)18-22)50-32(57)21-56-37-33(36(51-56)41(46,47)48)28-9-10-30(28)40(37,44)45/h4-8,17-18,20,28,30-31,58H,9-10,13-16,19,21H2,1-3H3,(H,50,57)(H,52,53)/t28-,30+,31-/m0/s1. The first-order valence-corrected chi connectivity index (χ1v) is 21.2. The molecule has 2 aromatic carbocycles. The van der Waals surface area contributed by atoms with E-state index in [2.05, 4.69) is 32.1 Å². The molecule has 0 radical (unpaired) electrons. The number of benzene rings is 2. The molecule has 3 N–H and O–H groups in total. The number of pyridine rings is 1. The highest BCUT2D eigenvalue weighted by Crippen LogP contribution is 2.64. The number of sulfonamides is 1. The lowest BCUT2D eigenvalue weighted by Gasteiger charge is -2.34. The van der Waals surface area contributed by atoms with Crippen LogP contribution in [0.15, 0.2) is 48.5 Å². The van der Waals surface area contributed by atoms with Crippen molar-refractivity contribution < 1.29 is 49.1 Å². The molecule has 1 amide bonds. The van der Waals surface area contributed by atoms with Crippen LogP contribution in [0.1, 0.15) is 71.5 Å². The van der Waals surface area contributed by atoms with E-state index in [9.17, 15) is 40.3 Å². The maximum Gasteiger partial charge on any atom is 0.435 e. The Balaban J connectivity index is 1.26. The fourth-order valence-corrected chi connectivity index (χ4v) is 9.15. The van der Waals surface area contributed by atoms with Gasteiger partial charge in [0, 0.05) is 67.0 Å². The average Bonchev–Trinajstić information content (AvgIpc) is 3.72. The number of fused-ring (bicyclic) bond motifs is 4. The number of halogens is 7. The van der Waals surface area contributed by atoms with Crippen LogP contribution in [-0.2, 0) is 46.9 Å². The van der Waals surface area contributed by atoms with Crippen LogP contribution >= 0.6 is 0 Å². The molecule has 3 atom stereocenters. The largest absolute Gasteiger partial charge is 0.435 e. The number of rotatable bonds is 9. The molecule has 322 valence electrons. The average molecular weight is 873 g/mol. The molecular formula is C41H39F7N8O4S. The summed E-state index contributed by atoms with van der Waals surface area (Å²) in [4.78, 5) is 20.9. The van der Waals surface area contributed by atoms with Crippen molar-refractivity contribution in [3.8, 4) is 23.0 Å². The zero-order valence-electron chi connectivity index (χ0n) is 32.9. The van der Waals surface area contributed by atoms with Gasteiger partial charge in [0.15, 0.2) is 11.5 Å². The minimum absolute atomic E-state index is 0.000486. The maximum atomic E-state index is 15.7. The highest BCUT2D eigenvalue weighted by atomic mass is 32.2. The number of alkyl halides is 5. The van der Waals surface area contributed by atoms with Crippen molar-refractivity contribution in [1.29, 1.82) is 0 Å². The number of nitrogens with one attached hydrogen (secondary N) is 2. The lowest BCUT2D eigenvalue weighted by atomic mass is 9.73. The monoisotopic (exact) mass is 872 g/mol. The Morgan fingerprint density at radius 2 is 1.72 bits per heavy atom. The maximum absolute atomic E-state index is 15.7. The first kappa shape index (κ1) is 42.2. The number of carbonyl (C=O) groups is 1. The molecular weight excluding hydrogens is 834 g/mol. The van der Waals surface area contributed by atoms with Crippen LogP contribution in [0.5, 0.6) is 0 Å². The summed E-state index contributed by atoms with van der Waals surface area (Å²) in [6.45, 7) is 0.0713. The number of anilines is 1. The molecule has 2 fully saturated rings. The highest BCUT2D eigenvalue weighted by molar-refractivity contribution is 7.92. The van der Waals surface area contributed by atoms with Crippen molar-refractivity contribution in [3.63, 3.8) is 0 Å². The summed E-state index contributed by atoms with van der Waals surface area (Å²) in [6.07, 6.45) is -3.72. The van der Waals surface area contributed by atoms with Crippen molar-refractivity contribution >= 4 is 32.7 Å². The summed E-state index contributed by atoms with van der Waals surface area (Å²) in [5, 5.41) is 22.1. The molecule has 3 aliphatic rings.